The maximum Gasteiger partial charge on any atom is 0.435 e. The molecule has 1 amide bonds. The zero-order chi connectivity index (χ0) is 16.3. The minimum atomic E-state index is -4.64. The Morgan fingerprint density at radius 1 is 1.36 bits per heavy atom. The summed E-state index contributed by atoms with van der Waals surface area (Å²) >= 11 is 0. The second kappa shape index (κ2) is 6.06. The van der Waals surface area contributed by atoms with Crippen LogP contribution in [0.5, 0.6) is 5.75 Å². The fraction of sp³-hybridized carbons (Fsp3) is 0.231. The normalized spacial score (nSPS) is 11.3. The highest BCUT2D eigenvalue weighted by molar-refractivity contribution is 5.92. The molecule has 0 aliphatic rings. The summed E-state index contributed by atoms with van der Waals surface area (Å²) in [6, 6.07) is 7.31. The largest absolute Gasteiger partial charge is 0.497 e. The van der Waals surface area contributed by atoms with Crippen molar-refractivity contribution in [2.45, 2.75) is 12.7 Å². The third kappa shape index (κ3) is 3.37. The van der Waals surface area contributed by atoms with Crippen LogP contribution < -0.4 is 16.0 Å². The highest BCUT2D eigenvalue weighted by atomic mass is 19.4. The number of alkyl halides is 3. The molecule has 6 nitrogen and oxygen atoms in total. The van der Waals surface area contributed by atoms with Crippen molar-refractivity contribution in [2.24, 2.45) is 5.84 Å². The molecular formula is C13H13F3N4O2. The highest BCUT2D eigenvalue weighted by Crippen LogP contribution is 2.28. The van der Waals surface area contributed by atoms with E-state index in [0.29, 0.717) is 17.4 Å². The Labute approximate surface area is 123 Å². The van der Waals surface area contributed by atoms with Crippen LogP contribution >= 0.6 is 0 Å². The molecule has 9 heteroatoms. The molecular weight excluding hydrogens is 301 g/mol. The molecule has 0 bridgehead atoms. The average molecular weight is 314 g/mol. The molecule has 3 N–H and O–H groups in total. The fourth-order valence-corrected chi connectivity index (χ4v) is 1.84. The molecule has 0 aliphatic carbocycles. The molecule has 118 valence electrons. The van der Waals surface area contributed by atoms with Crippen LogP contribution in [0.15, 0.2) is 30.3 Å². The first-order valence-corrected chi connectivity index (χ1v) is 6.14. The quantitative estimate of drug-likeness (QED) is 0.510. The van der Waals surface area contributed by atoms with Gasteiger partial charge < -0.3 is 4.74 Å². The van der Waals surface area contributed by atoms with Crippen molar-refractivity contribution in [2.75, 3.05) is 7.11 Å². The lowest BCUT2D eigenvalue weighted by molar-refractivity contribution is -0.141. The number of amides is 1. The van der Waals surface area contributed by atoms with Gasteiger partial charge in [-0.1, -0.05) is 12.1 Å². The van der Waals surface area contributed by atoms with Crippen molar-refractivity contribution in [3.8, 4) is 5.75 Å². The van der Waals surface area contributed by atoms with Gasteiger partial charge in [0.1, 0.15) is 11.4 Å². The number of rotatable bonds is 4. The van der Waals surface area contributed by atoms with E-state index in [1.54, 1.807) is 29.7 Å². The van der Waals surface area contributed by atoms with Gasteiger partial charge in [-0.3, -0.25) is 14.9 Å². The molecule has 1 aromatic heterocycles. The molecule has 0 radical (unpaired) electrons. The Balaban J connectivity index is 2.35. The molecule has 1 heterocycles. The van der Waals surface area contributed by atoms with Crippen LogP contribution in [0.25, 0.3) is 0 Å². The number of carbonyl (C=O) groups excluding carboxylic acids is 1. The average Bonchev–Trinajstić information content (AvgIpc) is 2.91. The Kier molecular flexibility index (Phi) is 4.36. The minimum Gasteiger partial charge on any atom is -0.497 e. The first-order valence-electron chi connectivity index (χ1n) is 6.14. The Morgan fingerprint density at radius 3 is 2.50 bits per heavy atom. The standard InChI is InChI=1S/C13H13F3N4O2/c1-22-9-4-2-8(3-5-9)7-20-10(12(21)18-17)6-11(19-20)13(14,15)16/h2-6H,7,17H2,1H3,(H,18,21). The summed E-state index contributed by atoms with van der Waals surface area (Å²) in [4.78, 5) is 11.6. The summed E-state index contributed by atoms with van der Waals surface area (Å²) in [5, 5.41) is 3.43. The Bertz CT molecular complexity index is 665. The van der Waals surface area contributed by atoms with E-state index >= 15 is 0 Å². The molecule has 0 saturated carbocycles. The molecule has 2 aromatic rings. The number of halogens is 3. The third-order valence-corrected chi connectivity index (χ3v) is 2.93. The van der Waals surface area contributed by atoms with Crippen molar-refractivity contribution in [3.63, 3.8) is 0 Å². The lowest BCUT2D eigenvalue weighted by atomic mass is 10.2. The monoisotopic (exact) mass is 314 g/mol. The molecule has 1 aromatic carbocycles. The number of carbonyl (C=O) groups is 1. The van der Waals surface area contributed by atoms with Crippen molar-refractivity contribution in [3.05, 3.63) is 47.3 Å². The van der Waals surface area contributed by atoms with Gasteiger partial charge in [0.2, 0.25) is 0 Å². The second-order valence-electron chi connectivity index (χ2n) is 4.39. The first-order chi connectivity index (χ1) is 10.3. The van der Waals surface area contributed by atoms with Gasteiger partial charge in [0.25, 0.3) is 5.91 Å². The van der Waals surface area contributed by atoms with Gasteiger partial charge in [-0.25, -0.2) is 5.84 Å². The van der Waals surface area contributed by atoms with Gasteiger partial charge in [0.15, 0.2) is 5.69 Å². The smallest absolute Gasteiger partial charge is 0.435 e. The van der Waals surface area contributed by atoms with Gasteiger partial charge in [0, 0.05) is 6.07 Å². The van der Waals surface area contributed by atoms with Crippen LogP contribution in [-0.2, 0) is 12.7 Å². The molecule has 0 fully saturated rings. The van der Waals surface area contributed by atoms with E-state index in [9.17, 15) is 18.0 Å². The van der Waals surface area contributed by atoms with Gasteiger partial charge in [-0.2, -0.15) is 18.3 Å². The minimum absolute atomic E-state index is 0.0111. The van der Waals surface area contributed by atoms with Crippen molar-refractivity contribution >= 4 is 5.91 Å². The summed E-state index contributed by atoms with van der Waals surface area (Å²) in [6.07, 6.45) is -4.64. The van der Waals surface area contributed by atoms with Crippen LogP contribution in [0.3, 0.4) is 0 Å². The Morgan fingerprint density at radius 2 is 2.00 bits per heavy atom. The van der Waals surface area contributed by atoms with Crippen LogP contribution in [0.2, 0.25) is 0 Å². The van der Waals surface area contributed by atoms with Gasteiger partial charge in [-0.15, -0.1) is 0 Å². The van der Waals surface area contributed by atoms with Crippen LogP contribution in [0, 0.1) is 0 Å². The molecule has 0 atom stereocenters. The van der Waals surface area contributed by atoms with Crippen molar-refractivity contribution in [1.82, 2.24) is 15.2 Å². The lowest BCUT2D eigenvalue weighted by Crippen LogP contribution is -2.32. The number of ether oxygens (including phenoxy) is 1. The number of nitrogens with two attached hydrogens (primary N) is 1. The molecule has 0 saturated heterocycles. The summed E-state index contributed by atoms with van der Waals surface area (Å²) < 4.78 is 44.1. The third-order valence-electron chi connectivity index (χ3n) is 2.93. The fourth-order valence-electron chi connectivity index (χ4n) is 1.84. The molecule has 0 aliphatic heterocycles. The van der Waals surface area contributed by atoms with Crippen LogP contribution in [0.4, 0.5) is 13.2 Å². The number of methoxy groups -OCH3 is 1. The number of hydrogen-bond donors (Lipinski definition) is 2. The van der Waals surface area contributed by atoms with E-state index in [0.717, 1.165) is 4.68 Å². The zero-order valence-electron chi connectivity index (χ0n) is 11.5. The second-order valence-corrected chi connectivity index (χ2v) is 4.39. The number of nitrogen functional groups attached to an aromatic ring is 1. The topological polar surface area (TPSA) is 82.2 Å². The summed E-state index contributed by atoms with van der Waals surface area (Å²) in [5.74, 6) is 4.74. The number of hydrazine groups is 1. The molecule has 22 heavy (non-hydrogen) atoms. The van der Waals surface area contributed by atoms with E-state index in [4.69, 9.17) is 10.6 Å². The maximum absolute atomic E-state index is 12.7. The zero-order valence-corrected chi connectivity index (χ0v) is 11.5. The van der Waals surface area contributed by atoms with Crippen LogP contribution in [-0.4, -0.2) is 22.8 Å². The summed E-state index contributed by atoms with van der Waals surface area (Å²) in [5.41, 5.74) is 1.03. The number of nitrogens with zero attached hydrogens (tertiary/aromatic N) is 2. The first kappa shape index (κ1) is 15.8. The summed E-state index contributed by atoms with van der Waals surface area (Å²) in [7, 11) is 1.50. The molecule has 0 unspecified atom stereocenters. The lowest BCUT2D eigenvalue weighted by Gasteiger charge is -2.07. The predicted molar refractivity (Wildman–Crippen MR) is 71.0 cm³/mol. The summed E-state index contributed by atoms with van der Waals surface area (Å²) in [6.45, 7) is -0.0111. The van der Waals surface area contributed by atoms with E-state index in [1.165, 1.54) is 7.11 Å². The van der Waals surface area contributed by atoms with E-state index in [-0.39, 0.29) is 12.2 Å². The SMILES string of the molecule is COc1ccc(Cn2nc(C(F)(F)F)cc2C(=O)NN)cc1. The maximum atomic E-state index is 12.7. The van der Waals surface area contributed by atoms with Crippen molar-refractivity contribution in [1.29, 1.82) is 0 Å². The van der Waals surface area contributed by atoms with Gasteiger partial charge >= 0.3 is 6.18 Å². The highest BCUT2D eigenvalue weighted by Gasteiger charge is 2.35. The predicted octanol–water partition coefficient (Wildman–Crippen LogP) is 1.56. The van der Waals surface area contributed by atoms with E-state index in [2.05, 4.69) is 5.10 Å². The van der Waals surface area contributed by atoms with Crippen molar-refractivity contribution < 1.29 is 22.7 Å². The number of hydrogen-bond acceptors (Lipinski definition) is 4. The van der Waals surface area contributed by atoms with E-state index < -0.39 is 17.8 Å². The number of aromatic nitrogens is 2. The van der Waals surface area contributed by atoms with Gasteiger partial charge in [0.05, 0.1) is 13.7 Å². The number of nitrogens with one attached hydrogen (secondary N) is 1. The van der Waals surface area contributed by atoms with Crippen LogP contribution in [0.1, 0.15) is 21.7 Å². The van der Waals surface area contributed by atoms with E-state index in [1.807, 2.05) is 0 Å². The Hall–Kier alpha value is -2.55. The van der Waals surface area contributed by atoms with Gasteiger partial charge in [-0.05, 0) is 17.7 Å². The molecule has 0 spiro atoms. The number of benzene rings is 1. The molecule has 2 rings (SSSR count).